The van der Waals surface area contributed by atoms with E-state index in [0.717, 1.165) is 31.2 Å². The second kappa shape index (κ2) is 6.55. The van der Waals surface area contributed by atoms with Crippen molar-refractivity contribution in [2.45, 2.75) is 44.2 Å². The molecule has 3 heteroatoms. The smallest absolute Gasteiger partial charge is 0.240 e. The maximum absolute atomic E-state index is 12.4. The lowest BCUT2D eigenvalue weighted by Gasteiger charge is -2.25. The fraction of sp³-hybridized carbons (Fsp3) is 0.350. The van der Waals surface area contributed by atoms with Crippen LogP contribution in [0, 0.1) is 0 Å². The number of benzene rings is 2. The molecule has 0 bridgehead atoms. The molecule has 1 aliphatic carbocycles. The number of carbonyl (C=O) groups excluding carboxylic acids is 1. The molecule has 1 atom stereocenters. The minimum absolute atomic E-state index is 0.0189. The third-order valence-electron chi connectivity index (χ3n) is 4.81. The van der Waals surface area contributed by atoms with E-state index in [9.17, 15) is 4.79 Å². The second-order valence-corrected chi connectivity index (χ2v) is 6.55. The average Bonchev–Trinajstić information content (AvgIpc) is 3.04. The topological polar surface area (TPSA) is 55.1 Å². The van der Waals surface area contributed by atoms with E-state index in [4.69, 9.17) is 5.73 Å². The second-order valence-electron chi connectivity index (χ2n) is 6.55. The van der Waals surface area contributed by atoms with Gasteiger partial charge in [-0.3, -0.25) is 4.79 Å². The summed E-state index contributed by atoms with van der Waals surface area (Å²) in [5.74, 6) is -0.0189. The molecule has 3 nitrogen and oxygen atoms in total. The van der Waals surface area contributed by atoms with Crippen molar-refractivity contribution in [1.82, 2.24) is 5.32 Å². The quantitative estimate of drug-likeness (QED) is 0.902. The number of nitrogens with two attached hydrogens (primary N) is 1. The highest BCUT2D eigenvalue weighted by atomic mass is 16.2. The Hall–Kier alpha value is -2.13. The molecule has 1 aliphatic rings. The molecule has 3 rings (SSSR count). The lowest BCUT2D eigenvalue weighted by atomic mass is 9.96. The van der Waals surface area contributed by atoms with E-state index in [-0.39, 0.29) is 11.9 Å². The van der Waals surface area contributed by atoms with Crippen LogP contribution in [0.1, 0.15) is 44.2 Å². The zero-order valence-electron chi connectivity index (χ0n) is 13.6. The molecule has 1 amide bonds. The first-order valence-corrected chi connectivity index (χ1v) is 8.34. The van der Waals surface area contributed by atoms with Crippen molar-refractivity contribution in [2.75, 3.05) is 0 Å². The molecule has 0 radical (unpaired) electrons. The summed E-state index contributed by atoms with van der Waals surface area (Å²) < 4.78 is 0. The molecule has 0 saturated heterocycles. The van der Waals surface area contributed by atoms with E-state index in [2.05, 4.69) is 41.7 Å². The first-order valence-electron chi connectivity index (χ1n) is 8.34. The van der Waals surface area contributed by atoms with Gasteiger partial charge in [0.1, 0.15) is 0 Å². The number of amides is 1. The van der Waals surface area contributed by atoms with E-state index < -0.39 is 5.54 Å². The lowest BCUT2D eigenvalue weighted by Crippen LogP contribution is -2.52. The SMILES string of the molecule is CC(NC(=O)C1(N)CCCC1)c1ccc(-c2ccccc2)cc1. The summed E-state index contributed by atoms with van der Waals surface area (Å²) in [7, 11) is 0. The molecule has 2 aromatic rings. The van der Waals surface area contributed by atoms with E-state index in [0.29, 0.717) is 0 Å². The van der Waals surface area contributed by atoms with Crippen LogP contribution in [-0.4, -0.2) is 11.4 Å². The van der Waals surface area contributed by atoms with Crippen LogP contribution in [0.2, 0.25) is 0 Å². The molecule has 1 unspecified atom stereocenters. The van der Waals surface area contributed by atoms with Crippen LogP contribution in [-0.2, 0) is 4.79 Å². The predicted molar refractivity (Wildman–Crippen MR) is 93.8 cm³/mol. The predicted octanol–water partition coefficient (Wildman–Crippen LogP) is 3.80. The third-order valence-corrected chi connectivity index (χ3v) is 4.81. The molecule has 120 valence electrons. The van der Waals surface area contributed by atoms with Crippen LogP contribution in [0.3, 0.4) is 0 Å². The Bertz CT molecular complexity index is 658. The van der Waals surface area contributed by atoms with Crippen molar-refractivity contribution in [3.8, 4) is 11.1 Å². The molecule has 1 fully saturated rings. The highest BCUT2D eigenvalue weighted by molar-refractivity contribution is 5.86. The van der Waals surface area contributed by atoms with E-state index >= 15 is 0 Å². The van der Waals surface area contributed by atoms with Gasteiger partial charge in [0.05, 0.1) is 11.6 Å². The van der Waals surface area contributed by atoms with E-state index in [1.165, 1.54) is 11.1 Å². The Morgan fingerprint density at radius 2 is 1.57 bits per heavy atom. The van der Waals surface area contributed by atoms with E-state index in [1.54, 1.807) is 0 Å². The Labute approximate surface area is 137 Å². The first-order chi connectivity index (χ1) is 11.1. The summed E-state index contributed by atoms with van der Waals surface area (Å²) in [6.45, 7) is 2.01. The lowest BCUT2D eigenvalue weighted by molar-refractivity contribution is -0.126. The van der Waals surface area contributed by atoms with Gasteiger partial charge >= 0.3 is 0 Å². The molecule has 3 N–H and O–H groups in total. The maximum atomic E-state index is 12.4. The molecular weight excluding hydrogens is 284 g/mol. The highest BCUT2D eigenvalue weighted by Crippen LogP contribution is 2.28. The van der Waals surface area contributed by atoms with Crippen molar-refractivity contribution in [3.63, 3.8) is 0 Å². The molecule has 0 aliphatic heterocycles. The minimum atomic E-state index is -0.668. The van der Waals surface area contributed by atoms with Crippen LogP contribution in [0.4, 0.5) is 0 Å². The summed E-state index contributed by atoms with van der Waals surface area (Å²) in [5.41, 5.74) is 9.02. The summed E-state index contributed by atoms with van der Waals surface area (Å²) in [5, 5.41) is 3.07. The van der Waals surface area contributed by atoms with Crippen LogP contribution in [0.5, 0.6) is 0 Å². The van der Waals surface area contributed by atoms with Crippen molar-refractivity contribution < 1.29 is 4.79 Å². The zero-order valence-corrected chi connectivity index (χ0v) is 13.6. The van der Waals surface area contributed by atoms with Crippen molar-refractivity contribution >= 4 is 5.91 Å². The van der Waals surface area contributed by atoms with Gasteiger partial charge in [-0.15, -0.1) is 0 Å². The number of carbonyl (C=O) groups is 1. The number of nitrogens with one attached hydrogen (secondary N) is 1. The summed E-state index contributed by atoms with van der Waals surface area (Å²) in [6.07, 6.45) is 3.67. The molecule has 0 spiro atoms. The molecular formula is C20H24N2O. The normalized spacial score (nSPS) is 17.7. The largest absolute Gasteiger partial charge is 0.348 e. The van der Waals surface area contributed by atoms with Crippen LogP contribution >= 0.6 is 0 Å². The summed E-state index contributed by atoms with van der Waals surface area (Å²) >= 11 is 0. The number of hydrogen-bond acceptors (Lipinski definition) is 2. The van der Waals surface area contributed by atoms with Crippen molar-refractivity contribution in [3.05, 3.63) is 60.2 Å². The summed E-state index contributed by atoms with van der Waals surface area (Å²) in [6, 6.07) is 18.6. The van der Waals surface area contributed by atoms with Gasteiger partial charge in [0.15, 0.2) is 0 Å². The van der Waals surface area contributed by atoms with Gasteiger partial charge < -0.3 is 11.1 Å². The fourth-order valence-corrected chi connectivity index (χ4v) is 3.25. The number of rotatable bonds is 4. The van der Waals surface area contributed by atoms with Gasteiger partial charge in [-0.25, -0.2) is 0 Å². The Kier molecular flexibility index (Phi) is 4.49. The molecule has 1 saturated carbocycles. The van der Waals surface area contributed by atoms with Gasteiger partial charge in [-0.1, -0.05) is 67.4 Å². The first kappa shape index (κ1) is 15.8. The molecule has 0 heterocycles. The van der Waals surface area contributed by atoms with Gasteiger partial charge in [0, 0.05) is 0 Å². The Balaban J connectivity index is 1.68. The molecule has 0 aromatic heterocycles. The Morgan fingerprint density at radius 1 is 1.00 bits per heavy atom. The van der Waals surface area contributed by atoms with Gasteiger partial charge in [-0.2, -0.15) is 0 Å². The maximum Gasteiger partial charge on any atom is 0.240 e. The Morgan fingerprint density at radius 3 is 2.17 bits per heavy atom. The highest BCUT2D eigenvalue weighted by Gasteiger charge is 2.37. The minimum Gasteiger partial charge on any atom is -0.348 e. The molecule has 23 heavy (non-hydrogen) atoms. The van der Waals surface area contributed by atoms with Crippen LogP contribution < -0.4 is 11.1 Å². The standard InChI is InChI=1S/C20H24N2O/c1-15(22-19(23)20(21)13-5-6-14-20)16-9-11-18(12-10-16)17-7-3-2-4-8-17/h2-4,7-12,15H,5-6,13-14,21H2,1H3,(H,22,23). The summed E-state index contributed by atoms with van der Waals surface area (Å²) in [4.78, 5) is 12.4. The third kappa shape index (κ3) is 3.45. The van der Waals surface area contributed by atoms with E-state index in [1.807, 2.05) is 25.1 Å². The van der Waals surface area contributed by atoms with Crippen LogP contribution in [0.25, 0.3) is 11.1 Å². The average molecular weight is 308 g/mol. The van der Waals surface area contributed by atoms with Crippen molar-refractivity contribution in [1.29, 1.82) is 0 Å². The molecule has 2 aromatic carbocycles. The monoisotopic (exact) mass is 308 g/mol. The van der Waals surface area contributed by atoms with Crippen LogP contribution in [0.15, 0.2) is 54.6 Å². The van der Waals surface area contributed by atoms with Crippen molar-refractivity contribution in [2.24, 2.45) is 5.73 Å². The van der Waals surface area contributed by atoms with Gasteiger partial charge in [0.2, 0.25) is 5.91 Å². The fourth-order valence-electron chi connectivity index (χ4n) is 3.25. The zero-order chi connectivity index (χ0) is 16.3. The van der Waals surface area contributed by atoms with Gasteiger partial charge in [-0.05, 0) is 36.5 Å². The number of hydrogen-bond donors (Lipinski definition) is 2. The van der Waals surface area contributed by atoms with Gasteiger partial charge in [0.25, 0.3) is 0 Å².